The minimum absolute atomic E-state index is 0.0125. The van der Waals surface area contributed by atoms with Gasteiger partial charge in [-0.2, -0.15) is 0 Å². The predicted molar refractivity (Wildman–Crippen MR) is 115 cm³/mol. The Labute approximate surface area is 180 Å². The van der Waals surface area contributed by atoms with Gasteiger partial charge in [0.25, 0.3) is 5.91 Å². The molecule has 0 aliphatic carbocycles. The quantitative estimate of drug-likeness (QED) is 0.279. The Hall–Kier alpha value is -3.46. The highest BCUT2D eigenvalue weighted by Gasteiger charge is 2.25. The maximum Gasteiger partial charge on any atom is 0.327 e. The van der Waals surface area contributed by atoms with Crippen LogP contribution in [0.2, 0.25) is 0 Å². The molecule has 11 heteroatoms. The molecule has 5 N–H and O–H groups in total. The molecule has 9 nitrogen and oxygen atoms in total. The van der Waals surface area contributed by atoms with Crippen molar-refractivity contribution in [3.05, 3.63) is 65.7 Å². The summed E-state index contributed by atoms with van der Waals surface area (Å²) in [6.45, 7) is -0.126. The van der Waals surface area contributed by atoms with Crippen LogP contribution in [0.5, 0.6) is 11.6 Å². The molecule has 0 atom stereocenters. The minimum Gasteiger partial charge on any atom is -0.505 e. The summed E-state index contributed by atoms with van der Waals surface area (Å²) in [5.74, 6) is -1.66. The first-order valence-corrected chi connectivity index (χ1v) is 11.3. The first kappa shape index (κ1) is 21.8. The fourth-order valence-electron chi connectivity index (χ4n) is 3.58. The van der Waals surface area contributed by atoms with Crippen molar-refractivity contribution < 1.29 is 33.7 Å². The zero-order chi connectivity index (χ0) is 23.0. The lowest BCUT2D eigenvalue weighted by Crippen LogP contribution is -2.26. The van der Waals surface area contributed by atoms with Crippen LogP contribution in [0.4, 0.5) is 4.39 Å². The molecule has 4 rings (SSSR count). The zero-order valence-electron chi connectivity index (χ0n) is 16.6. The highest BCUT2D eigenvalue weighted by Crippen LogP contribution is 2.42. The Morgan fingerprint density at radius 1 is 1.12 bits per heavy atom. The number of phenols is 1. The summed E-state index contributed by atoms with van der Waals surface area (Å²) in [7, 11) is -4.30. The van der Waals surface area contributed by atoms with E-state index in [2.05, 4.69) is 10.3 Å². The molecular formula is C21H19FN3O6P. The van der Waals surface area contributed by atoms with Gasteiger partial charge in [-0.25, -0.2) is 4.39 Å². The monoisotopic (exact) mass is 459 g/mol. The first-order valence-electron chi connectivity index (χ1n) is 9.54. The summed E-state index contributed by atoms with van der Waals surface area (Å²) in [5.41, 5.74) is 0.867. The van der Waals surface area contributed by atoms with Gasteiger partial charge in [-0.3, -0.25) is 14.3 Å². The smallest absolute Gasteiger partial charge is 0.327 e. The molecule has 2 aromatic carbocycles. The number of rotatable bonds is 6. The number of nitrogens with zero attached hydrogens (tertiary/aromatic N) is 2. The van der Waals surface area contributed by atoms with Crippen molar-refractivity contribution in [3.8, 4) is 11.6 Å². The van der Waals surface area contributed by atoms with Crippen molar-refractivity contribution in [1.29, 1.82) is 0 Å². The summed E-state index contributed by atoms with van der Waals surface area (Å²) in [6, 6.07) is 8.82. The third-order valence-corrected chi connectivity index (χ3v) is 5.85. The van der Waals surface area contributed by atoms with Crippen LogP contribution < -0.4 is 5.32 Å². The molecule has 2 aromatic heterocycles. The molecule has 0 fully saturated rings. The number of pyridine rings is 1. The van der Waals surface area contributed by atoms with Crippen molar-refractivity contribution in [3.63, 3.8) is 0 Å². The molecule has 0 aliphatic rings. The fraction of sp³-hybridized carbons (Fsp3) is 0.143. The maximum absolute atomic E-state index is 13.2. The van der Waals surface area contributed by atoms with E-state index in [1.165, 1.54) is 29.1 Å². The number of carbonyl (C=O) groups excluding carboxylic acids is 1. The average Bonchev–Trinajstić information content (AvgIpc) is 3.05. The fourth-order valence-corrected chi connectivity index (χ4v) is 3.99. The second-order valence-corrected chi connectivity index (χ2v) is 9.04. The number of halogens is 1. The van der Waals surface area contributed by atoms with E-state index in [0.717, 1.165) is 0 Å². The van der Waals surface area contributed by atoms with Gasteiger partial charge in [0.05, 0.1) is 23.7 Å². The number of hydrogen-bond donors (Lipinski definition) is 5. The summed E-state index contributed by atoms with van der Waals surface area (Å²) in [5, 5.41) is 24.6. The number of benzene rings is 2. The molecule has 166 valence electrons. The second-order valence-electron chi connectivity index (χ2n) is 7.26. The van der Waals surface area contributed by atoms with Crippen molar-refractivity contribution in [2.45, 2.75) is 6.54 Å². The summed E-state index contributed by atoms with van der Waals surface area (Å²) in [4.78, 5) is 35.2. The molecule has 0 aliphatic heterocycles. The van der Waals surface area contributed by atoms with E-state index in [-0.39, 0.29) is 46.6 Å². The lowest BCUT2D eigenvalue weighted by molar-refractivity contribution is 0.0959. The van der Waals surface area contributed by atoms with Crippen LogP contribution in [-0.4, -0.2) is 48.2 Å². The summed E-state index contributed by atoms with van der Waals surface area (Å²) in [6.07, 6.45) is 2.38. The molecule has 0 saturated heterocycles. The number of hydrogen-bond acceptors (Lipinski definition) is 5. The normalized spacial score (nSPS) is 11.8. The molecular weight excluding hydrogens is 440 g/mol. The Morgan fingerprint density at radius 2 is 1.84 bits per heavy atom. The SMILES string of the molecule is O=C(NCCP(=O)(O)O)c1c2cccnc2c(O)c2c(O)n(Cc3ccc(F)cc3)cc12. The van der Waals surface area contributed by atoms with Crippen molar-refractivity contribution in [2.24, 2.45) is 0 Å². The molecule has 2 heterocycles. The highest BCUT2D eigenvalue weighted by molar-refractivity contribution is 7.51. The largest absolute Gasteiger partial charge is 0.505 e. The van der Waals surface area contributed by atoms with Crippen LogP contribution in [0.3, 0.4) is 0 Å². The molecule has 0 radical (unpaired) electrons. The Kier molecular flexibility index (Phi) is 5.60. The lowest BCUT2D eigenvalue weighted by Gasteiger charge is -2.11. The standard InChI is InChI=1S/C21H19FN3O6P/c22-13-5-3-12(4-6-13)10-25-11-15-16(20(27)24-8-9-32(29,30)31)14-2-1-7-23-18(14)19(26)17(15)21(25)28/h1-7,11,26,28H,8-10H2,(H,24,27)(H2,29,30,31). The van der Waals surface area contributed by atoms with Gasteiger partial charge in [0, 0.05) is 29.7 Å². The van der Waals surface area contributed by atoms with Gasteiger partial charge in [0.1, 0.15) is 11.3 Å². The highest BCUT2D eigenvalue weighted by atomic mass is 31.2. The van der Waals surface area contributed by atoms with Gasteiger partial charge >= 0.3 is 7.60 Å². The maximum atomic E-state index is 13.2. The third-order valence-electron chi connectivity index (χ3n) is 5.04. The van der Waals surface area contributed by atoms with E-state index < -0.39 is 25.5 Å². The Morgan fingerprint density at radius 3 is 2.53 bits per heavy atom. The van der Waals surface area contributed by atoms with Crippen molar-refractivity contribution in [2.75, 3.05) is 12.7 Å². The minimum atomic E-state index is -4.30. The molecule has 0 saturated carbocycles. The van der Waals surface area contributed by atoms with E-state index in [1.807, 2.05) is 0 Å². The summed E-state index contributed by atoms with van der Waals surface area (Å²) < 4.78 is 25.7. The number of phenolic OH excluding ortho intramolecular Hbond substituents is 1. The molecule has 32 heavy (non-hydrogen) atoms. The van der Waals surface area contributed by atoms with Crippen LogP contribution >= 0.6 is 7.60 Å². The number of aromatic nitrogens is 2. The van der Waals surface area contributed by atoms with E-state index in [0.29, 0.717) is 10.9 Å². The molecule has 0 spiro atoms. The predicted octanol–water partition coefficient (Wildman–Crippen LogP) is 2.70. The number of aromatic hydroxyl groups is 2. The van der Waals surface area contributed by atoms with Gasteiger partial charge in [-0.1, -0.05) is 18.2 Å². The number of nitrogens with one attached hydrogen (secondary N) is 1. The first-order chi connectivity index (χ1) is 15.2. The van der Waals surface area contributed by atoms with Crippen molar-refractivity contribution in [1.82, 2.24) is 14.9 Å². The van der Waals surface area contributed by atoms with Crippen LogP contribution in [0.25, 0.3) is 21.7 Å². The lowest BCUT2D eigenvalue weighted by atomic mass is 10.0. The topological polar surface area (TPSA) is 145 Å². The van der Waals surface area contributed by atoms with Crippen LogP contribution in [0.1, 0.15) is 15.9 Å². The van der Waals surface area contributed by atoms with Crippen LogP contribution in [-0.2, 0) is 11.1 Å². The molecule has 0 unspecified atom stereocenters. The van der Waals surface area contributed by atoms with Gasteiger partial charge in [-0.05, 0) is 23.8 Å². The third kappa shape index (κ3) is 4.16. The van der Waals surface area contributed by atoms with Crippen LogP contribution in [0.15, 0.2) is 48.8 Å². The zero-order valence-corrected chi connectivity index (χ0v) is 17.5. The Balaban J connectivity index is 1.85. The van der Waals surface area contributed by atoms with Gasteiger partial charge < -0.3 is 29.9 Å². The van der Waals surface area contributed by atoms with E-state index in [4.69, 9.17) is 9.79 Å². The number of fused-ring (bicyclic) bond motifs is 2. The molecule has 1 amide bonds. The molecule has 4 aromatic rings. The van der Waals surface area contributed by atoms with Crippen molar-refractivity contribution >= 4 is 35.2 Å². The van der Waals surface area contributed by atoms with Gasteiger partial charge in [0.2, 0.25) is 5.88 Å². The molecule has 0 bridgehead atoms. The van der Waals surface area contributed by atoms with Gasteiger partial charge in [0.15, 0.2) is 5.75 Å². The van der Waals surface area contributed by atoms with E-state index in [9.17, 15) is 24.0 Å². The number of amides is 1. The van der Waals surface area contributed by atoms with E-state index in [1.54, 1.807) is 24.3 Å². The van der Waals surface area contributed by atoms with Crippen LogP contribution in [0, 0.1) is 5.82 Å². The Bertz CT molecular complexity index is 1380. The average molecular weight is 459 g/mol. The van der Waals surface area contributed by atoms with Gasteiger partial charge in [-0.15, -0.1) is 0 Å². The van der Waals surface area contributed by atoms with E-state index >= 15 is 0 Å². The number of carbonyl (C=O) groups is 1. The summed E-state index contributed by atoms with van der Waals surface area (Å²) >= 11 is 0. The second kappa shape index (κ2) is 8.23.